The highest BCUT2D eigenvalue weighted by Crippen LogP contribution is 2.28. The minimum atomic E-state index is -0.139. The minimum Gasteiger partial charge on any atom is -0.504 e. The lowest BCUT2D eigenvalue weighted by molar-refractivity contribution is 0.0954. The van der Waals surface area contributed by atoms with Crippen molar-refractivity contribution in [2.24, 2.45) is 0 Å². The number of rotatable bonds is 4. The van der Waals surface area contributed by atoms with E-state index < -0.39 is 0 Å². The third kappa shape index (κ3) is 4.28. The van der Waals surface area contributed by atoms with Crippen molar-refractivity contribution in [3.05, 3.63) is 58.7 Å². The molecule has 3 N–H and O–H groups in total. The lowest BCUT2D eigenvalue weighted by atomic mass is 9.87. The number of hydrogen-bond acceptors (Lipinski definition) is 3. The van der Waals surface area contributed by atoms with Crippen molar-refractivity contribution in [3.8, 4) is 11.5 Å². The summed E-state index contributed by atoms with van der Waals surface area (Å²) in [5.74, 6) is -0.380. The van der Waals surface area contributed by atoms with Gasteiger partial charge in [-0.05, 0) is 59.7 Å². The molecule has 0 saturated carbocycles. The Kier molecular flexibility index (Phi) is 5.17. The summed E-state index contributed by atoms with van der Waals surface area (Å²) in [5.41, 5.74) is 3.67. The maximum atomic E-state index is 12.2. The summed E-state index contributed by atoms with van der Waals surface area (Å²) in [4.78, 5) is 12.2. The summed E-state index contributed by atoms with van der Waals surface area (Å²) in [6.45, 7) is 8.74. The van der Waals surface area contributed by atoms with Gasteiger partial charge in [-0.25, -0.2) is 0 Å². The maximum Gasteiger partial charge on any atom is 0.251 e. The Hall–Kier alpha value is -2.49. The van der Waals surface area contributed by atoms with Crippen molar-refractivity contribution in [2.45, 2.75) is 39.5 Å². The molecule has 0 aromatic heterocycles. The maximum absolute atomic E-state index is 12.2. The van der Waals surface area contributed by atoms with Gasteiger partial charge in [-0.1, -0.05) is 32.9 Å². The van der Waals surface area contributed by atoms with Gasteiger partial charge >= 0.3 is 0 Å². The SMILES string of the molecule is Cc1cc(O)c(O)cc1CCNC(=O)c1ccc(C(C)(C)C)cc1. The van der Waals surface area contributed by atoms with E-state index in [9.17, 15) is 15.0 Å². The van der Waals surface area contributed by atoms with Crippen LogP contribution in [0, 0.1) is 6.92 Å². The molecule has 128 valence electrons. The highest BCUT2D eigenvalue weighted by Gasteiger charge is 2.14. The average molecular weight is 327 g/mol. The molecule has 2 aromatic rings. The number of phenolic OH excluding ortho intramolecular Hbond substituents is 2. The molecular formula is C20H25NO3. The molecule has 0 saturated heterocycles. The van der Waals surface area contributed by atoms with E-state index in [0.717, 1.165) is 11.1 Å². The fourth-order valence-corrected chi connectivity index (χ4v) is 2.53. The van der Waals surface area contributed by atoms with Crippen molar-refractivity contribution in [2.75, 3.05) is 6.54 Å². The largest absolute Gasteiger partial charge is 0.504 e. The third-order valence-corrected chi connectivity index (χ3v) is 4.13. The van der Waals surface area contributed by atoms with Crippen LogP contribution in [-0.4, -0.2) is 22.7 Å². The molecule has 0 unspecified atom stereocenters. The molecule has 2 aromatic carbocycles. The van der Waals surface area contributed by atoms with Gasteiger partial charge in [0.05, 0.1) is 0 Å². The van der Waals surface area contributed by atoms with Gasteiger partial charge in [0.15, 0.2) is 11.5 Å². The number of phenols is 2. The summed E-state index contributed by atoms with van der Waals surface area (Å²) < 4.78 is 0. The van der Waals surface area contributed by atoms with E-state index in [0.29, 0.717) is 18.5 Å². The van der Waals surface area contributed by atoms with Gasteiger partial charge in [-0.3, -0.25) is 4.79 Å². The molecule has 4 nitrogen and oxygen atoms in total. The second-order valence-electron chi connectivity index (χ2n) is 7.10. The normalized spacial score (nSPS) is 11.3. The standard InChI is InChI=1S/C20H25NO3/c1-13-11-17(22)18(23)12-15(13)9-10-21-19(24)14-5-7-16(8-6-14)20(2,3)4/h5-8,11-12,22-23H,9-10H2,1-4H3,(H,21,24). The molecule has 0 aliphatic carbocycles. The lowest BCUT2D eigenvalue weighted by Gasteiger charge is -2.19. The number of nitrogens with one attached hydrogen (secondary N) is 1. The number of carbonyl (C=O) groups is 1. The fraction of sp³-hybridized carbons (Fsp3) is 0.350. The van der Waals surface area contributed by atoms with Crippen LogP contribution in [0.25, 0.3) is 0 Å². The first kappa shape index (κ1) is 17.9. The summed E-state index contributed by atoms with van der Waals surface area (Å²) in [7, 11) is 0. The molecule has 2 rings (SSSR count). The Balaban J connectivity index is 1.95. The fourth-order valence-electron chi connectivity index (χ4n) is 2.53. The van der Waals surface area contributed by atoms with Crippen LogP contribution < -0.4 is 5.32 Å². The van der Waals surface area contributed by atoms with Gasteiger partial charge in [0, 0.05) is 12.1 Å². The Morgan fingerprint density at radius 3 is 2.21 bits per heavy atom. The Labute approximate surface area is 143 Å². The zero-order valence-corrected chi connectivity index (χ0v) is 14.7. The third-order valence-electron chi connectivity index (χ3n) is 4.13. The first-order valence-corrected chi connectivity index (χ1v) is 8.08. The quantitative estimate of drug-likeness (QED) is 0.750. The average Bonchev–Trinajstić information content (AvgIpc) is 2.51. The van der Waals surface area contributed by atoms with E-state index in [4.69, 9.17) is 0 Å². The molecule has 0 aliphatic rings. The van der Waals surface area contributed by atoms with Crippen molar-refractivity contribution in [1.82, 2.24) is 5.32 Å². The molecule has 0 heterocycles. The molecule has 0 bridgehead atoms. The van der Waals surface area contributed by atoms with Crippen LogP contribution in [0.2, 0.25) is 0 Å². The Bertz CT molecular complexity index is 728. The minimum absolute atomic E-state index is 0.0629. The number of amides is 1. The van der Waals surface area contributed by atoms with Crippen molar-refractivity contribution in [1.29, 1.82) is 0 Å². The lowest BCUT2D eigenvalue weighted by Crippen LogP contribution is -2.26. The molecular weight excluding hydrogens is 302 g/mol. The molecule has 1 amide bonds. The van der Waals surface area contributed by atoms with E-state index in [1.54, 1.807) is 0 Å². The summed E-state index contributed by atoms with van der Waals surface area (Å²) >= 11 is 0. The van der Waals surface area contributed by atoms with Crippen LogP contribution in [0.4, 0.5) is 0 Å². The summed E-state index contributed by atoms with van der Waals surface area (Å²) in [6.07, 6.45) is 0.589. The monoisotopic (exact) mass is 327 g/mol. The number of aromatic hydroxyl groups is 2. The highest BCUT2D eigenvalue weighted by molar-refractivity contribution is 5.94. The number of benzene rings is 2. The first-order chi connectivity index (χ1) is 11.2. The molecule has 0 spiro atoms. The first-order valence-electron chi connectivity index (χ1n) is 8.08. The van der Waals surface area contributed by atoms with Gasteiger partial charge < -0.3 is 15.5 Å². The summed E-state index contributed by atoms with van der Waals surface area (Å²) in [5, 5.41) is 21.9. The van der Waals surface area contributed by atoms with Gasteiger partial charge in [-0.15, -0.1) is 0 Å². The summed E-state index contributed by atoms with van der Waals surface area (Å²) in [6, 6.07) is 10.7. The number of aryl methyl sites for hydroxylation is 1. The van der Waals surface area contributed by atoms with E-state index in [2.05, 4.69) is 26.1 Å². The molecule has 4 heteroatoms. The van der Waals surface area contributed by atoms with Crippen molar-refractivity contribution in [3.63, 3.8) is 0 Å². The number of hydrogen-bond donors (Lipinski definition) is 3. The van der Waals surface area contributed by atoms with E-state index in [1.165, 1.54) is 17.7 Å². The van der Waals surface area contributed by atoms with Crippen LogP contribution in [-0.2, 0) is 11.8 Å². The second-order valence-corrected chi connectivity index (χ2v) is 7.10. The van der Waals surface area contributed by atoms with Crippen LogP contribution in [0.5, 0.6) is 11.5 Å². The zero-order chi connectivity index (χ0) is 17.9. The zero-order valence-electron chi connectivity index (χ0n) is 14.7. The van der Waals surface area contributed by atoms with Crippen LogP contribution in [0.3, 0.4) is 0 Å². The molecule has 0 fully saturated rings. The van der Waals surface area contributed by atoms with E-state index in [1.807, 2.05) is 31.2 Å². The van der Waals surface area contributed by atoms with E-state index >= 15 is 0 Å². The van der Waals surface area contributed by atoms with Crippen LogP contribution in [0.15, 0.2) is 36.4 Å². The highest BCUT2D eigenvalue weighted by atomic mass is 16.3. The molecule has 0 atom stereocenters. The van der Waals surface area contributed by atoms with Gasteiger partial charge in [0.25, 0.3) is 5.91 Å². The topological polar surface area (TPSA) is 69.6 Å². The molecule has 0 radical (unpaired) electrons. The predicted octanol–water partition coefficient (Wildman–Crippen LogP) is 3.68. The van der Waals surface area contributed by atoms with Crippen LogP contribution >= 0.6 is 0 Å². The second kappa shape index (κ2) is 6.95. The Morgan fingerprint density at radius 1 is 1.04 bits per heavy atom. The van der Waals surface area contributed by atoms with Crippen molar-refractivity contribution >= 4 is 5.91 Å². The van der Waals surface area contributed by atoms with Gasteiger partial charge in [-0.2, -0.15) is 0 Å². The Morgan fingerprint density at radius 2 is 1.62 bits per heavy atom. The van der Waals surface area contributed by atoms with Crippen molar-refractivity contribution < 1.29 is 15.0 Å². The number of carbonyl (C=O) groups excluding carboxylic acids is 1. The van der Waals surface area contributed by atoms with Crippen LogP contribution in [0.1, 0.15) is 47.8 Å². The smallest absolute Gasteiger partial charge is 0.251 e. The molecule has 0 aliphatic heterocycles. The van der Waals surface area contributed by atoms with E-state index in [-0.39, 0.29) is 22.8 Å². The van der Waals surface area contributed by atoms with Gasteiger partial charge in [0.1, 0.15) is 0 Å². The predicted molar refractivity (Wildman–Crippen MR) is 95.7 cm³/mol. The van der Waals surface area contributed by atoms with Gasteiger partial charge in [0.2, 0.25) is 0 Å². The molecule has 24 heavy (non-hydrogen) atoms.